The third kappa shape index (κ3) is 2.08. The first-order chi connectivity index (χ1) is 8.09. The molecule has 2 aromatic rings. The SMILES string of the molecule is Nc1cc(F)c(-c2ccccc2)nc1C(=O)O. The van der Waals surface area contributed by atoms with E-state index in [1.165, 1.54) is 0 Å². The van der Waals surface area contributed by atoms with Gasteiger partial charge in [-0.05, 0) is 0 Å². The van der Waals surface area contributed by atoms with Crippen molar-refractivity contribution in [3.05, 3.63) is 47.9 Å². The van der Waals surface area contributed by atoms with Gasteiger partial charge in [0, 0.05) is 11.6 Å². The number of anilines is 1. The molecule has 0 bridgehead atoms. The third-order valence-electron chi connectivity index (χ3n) is 2.26. The molecule has 0 amide bonds. The first-order valence-electron chi connectivity index (χ1n) is 4.84. The smallest absolute Gasteiger partial charge is 0.356 e. The summed E-state index contributed by atoms with van der Waals surface area (Å²) in [5.74, 6) is -1.92. The second-order valence-electron chi connectivity index (χ2n) is 3.43. The zero-order chi connectivity index (χ0) is 12.4. The number of halogens is 1. The number of nitrogens with two attached hydrogens (primary N) is 1. The van der Waals surface area contributed by atoms with Crippen molar-refractivity contribution in [3.63, 3.8) is 0 Å². The normalized spacial score (nSPS) is 10.2. The molecule has 1 aromatic heterocycles. The van der Waals surface area contributed by atoms with Crippen LogP contribution in [0.5, 0.6) is 0 Å². The Hall–Kier alpha value is -2.43. The first-order valence-corrected chi connectivity index (χ1v) is 4.84. The molecule has 4 nitrogen and oxygen atoms in total. The van der Waals surface area contributed by atoms with Crippen LogP contribution in [0, 0.1) is 5.82 Å². The molecule has 86 valence electrons. The highest BCUT2D eigenvalue weighted by Gasteiger charge is 2.15. The number of rotatable bonds is 2. The average Bonchev–Trinajstić information content (AvgIpc) is 2.29. The molecule has 0 fully saturated rings. The lowest BCUT2D eigenvalue weighted by molar-refractivity contribution is 0.0692. The Morgan fingerprint density at radius 2 is 1.94 bits per heavy atom. The molecule has 1 aromatic carbocycles. The van der Waals surface area contributed by atoms with E-state index < -0.39 is 11.8 Å². The Kier molecular flexibility index (Phi) is 2.74. The average molecular weight is 232 g/mol. The van der Waals surface area contributed by atoms with Gasteiger partial charge in [-0.1, -0.05) is 30.3 Å². The van der Waals surface area contributed by atoms with E-state index in [0.29, 0.717) is 5.56 Å². The largest absolute Gasteiger partial charge is 0.476 e. The minimum Gasteiger partial charge on any atom is -0.476 e. The van der Waals surface area contributed by atoms with Gasteiger partial charge in [0.1, 0.15) is 5.69 Å². The monoisotopic (exact) mass is 232 g/mol. The molecule has 17 heavy (non-hydrogen) atoms. The van der Waals surface area contributed by atoms with Gasteiger partial charge in [-0.25, -0.2) is 14.2 Å². The van der Waals surface area contributed by atoms with E-state index in [1.807, 2.05) is 0 Å². The second-order valence-corrected chi connectivity index (χ2v) is 3.43. The van der Waals surface area contributed by atoms with Gasteiger partial charge in [0.15, 0.2) is 11.5 Å². The fourth-order valence-corrected chi connectivity index (χ4v) is 1.47. The molecule has 1 heterocycles. The Labute approximate surface area is 96.5 Å². The van der Waals surface area contributed by atoms with Crippen molar-refractivity contribution >= 4 is 11.7 Å². The van der Waals surface area contributed by atoms with E-state index in [2.05, 4.69) is 4.98 Å². The number of carboxylic acids is 1. The zero-order valence-electron chi connectivity index (χ0n) is 8.72. The topological polar surface area (TPSA) is 76.2 Å². The molecule has 0 saturated carbocycles. The van der Waals surface area contributed by atoms with Gasteiger partial charge in [0.05, 0.1) is 5.69 Å². The van der Waals surface area contributed by atoms with Gasteiger partial charge in [-0.15, -0.1) is 0 Å². The van der Waals surface area contributed by atoms with Gasteiger partial charge < -0.3 is 10.8 Å². The molecular weight excluding hydrogens is 223 g/mol. The van der Waals surface area contributed by atoms with E-state index in [4.69, 9.17) is 10.8 Å². The molecule has 0 saturated heterocycles. The standard InChI is InChI=1S/C12H9FN2O2/c13-8-6-9(14)11(12(16)17)15-10(8)7-4-2-1-3-5-7/h1-6H,14H2,(H,16,17). The van der Waals surface area contributed by atoms with Crippen molar-refractivity contribution in [1.29, 1.82) is 0 Å². The molecule has 0 spiro atoms. The number of pyridine rings is 1. The Morgan fingerprint density at radius 3 is 2.53 bits per heavy atom. The van der Waals surface area contributed by atoms with Gasteiger partial charge in [-0.2, -0.15) is 0 Å². The summed E-state index contributed by atoms with van der Waals surface area (Å²) >= 11 is 0. The van der Waals surface area contributed by atoms with Crippen LogP contribution in [0.25, 0.3) is 11.3 Å². The summed E-state index contributed by atoms with van der Waals surface area (Å²) < 4.78 is 13.6. The summed E-state index contributed by atoms with van der Waals surface area (Å²) in [7, 11) is 0. The Bertz CT molecular complexity index is 570. The maximum absolute atomic E-state index is 13.6. The van der Waals surface area contributed by atoms with Crippen LogP contribution in [0.4, 0.5) is 10.1 Å². The fraction of sp³-hybridized carbons (Fsp3) is 0. The Balaban J connectivity index is 2.63. The van der Waals surface area contributed by atoms with E-state index >= 15 is 0 Å². The third-order valence-corrected chi connectivity index (χ3v) is 2.26. The number of aromatic nitrogens is 1. The number of nitrogen functional groups attached to an aromatic ring is 1. The van der Waals surface area contributed by atoms with E-state index in [0.717, 1.165) is 6.07 Å². The van der Waals surface area contributed by atoms with Crippen molar-refractivity contribution in [2.24, 2.45) is 0 Å². The number of aromatic carboxylic acids is 1. The van der Waals surface area contributed by atoms with Crippen molar-refractivity contribution in [2.75, 3.05) is 5.73 Å². The number of nitrogens with zero attached hydrogens (tertiary/aromatic N) is 1. The highest BCUT2D eigenvalue weighted by Crippen LogP contribution is 2.23. The predicted molar refractivity (Wildman–Crippen MR) is 61.0 cm³/mol. The number of benzene rings is 1. The molecular formula is C12H9FN2O2. The second kappa shape index (κ2) is 4.21. The fourth-order valence-electron chi connectivity index (χ4n) is 1.47. The molecule has 0 aliphatic carbocycles. The molecule has 0 atom stereocenters. The summed E-state index contributed by atoms with van der Waals surface area (Å²) in [5.41, 5.74) is 5.35. The summed E-state index contributed by atoms with van der Waals surface area (Å²) in [6.45, 7) is 0. The zero-order valence-corrected chi connectivity index (χ0v) is 8.72. The van der Waals surface area contributed by atoms with E-state index in [1.54, 1.807) is 30.3 Å². The van der Waals surface area contributed by atoms with Crippen LogP contribution in [-0.4, -0.2) is 16.1 Å². The van der Waals surface area contributed by atoms with Crippen LogP contribution in [0.15, 0.2) is 36.4 Å². The van der Waals surface area contributed by atoms with Crippen molar-refractivity contribution in [2.45, 2.75) is 0 Å². The Morgan fingerprint density at radius 1 is 1.29 bits per heavy atom. The van der Waals surface area contributed by atoms with Gasteiger partial charge in [0.2, 0.25) is 0 Å². The van der Waals surface area contributed by atoms with E-state index in [-0.39, 0.29) is 17.1 Å². The quantitative estimate of drug-likeness (QED) is 0.831. The van der Waals surface area contributed by atoms with E-state index in [9.17, 15) is 9.18 Å². The van der Waals surface area contributed by atoms with Crippen molar-refractivity contribution < 1.29 is 14.3 Å². The van der Waals surface area contributed by atoms with Gasteiger partial charge in [0.25, 0.3) is 0 Å². The number of hydrogen-bond acceptors (Lipinski definition) is 3. The lowest BCUT2D eigenvalue weighted by Gasteiger charge is -2.06. The van der Waals surface area contributed by atoms with Crippen LogP contribution >= 0.6 is 0 Å². The van der Waals surface area contributed by atoms with Crippen molar-refractivity contribution in [1.82, 2.24) is 4.98 Å². The van der Waals surface area contributed by atoms with Crippen LogP contribution in [0.3, 0.4) is 0 Å². The lowest BCUT2D eigenvalue weighted by atomic mass is 10.1. The minimum atomic E-state index is -1.28. The predicted octanol–water partition coefficient (Wildman–Crippen LogP) is 2.17. The molecule has 3 N–H and O–H groups in total. The maximum atomic E-state index is 13.6. The summed E-state index contributed by atoms with van der Waals surface area (Å²) in [5, 5.41) is 8.86. The molecule has 0 unspecified atom stereocenters. The van der Waals surface area contributed by atoms with Crippen LogP contribution < -0.4 is 5.73 Å². The summed E-state index contributed by atoms with van der Waals surface area (Å²) in [6, 6.07) is 9.47. The summed E-state index contributed by atoms with van der Waals surface area (Å²) in [6.07, 6.45) is 0. The van der Waals surface area contributed by atoms with Crippen LogP contribution in [-0.2, 0) is 0 Å². The molecule has 0 aliphatic heterocycles. The van der Waals surface area contributed by atoms with Crippen LogP contribution in [0.2, 0.25) is 0 Å². The number of hydrogen-bond donors (Lipinski definition) is 2. The highest BCUT2D eigenvalue weighted by atomic mass is 19.1. The molecule has 0 aliphatic rings. The van der Waals surface area contributed by atoms with Crippen molar-refractivity contribution in [3.8, 4) is 11.3 Å². The van der Waals surface area contributed by atoms with Crippen LogP contribution in [0.1, 0.15) is 10.5 Å². The maximum Gasteiger partial charge on any atom is 0.356 e. The molecule has 0 radical (unpaired) electrons. The summed E-state index contributed by atoms with van der Waals surface area (Å²) in [4.78, 5) is 14.6. The minimum absolute atomic E-state index is 0.0165. The number of carboxylic acid groups (broad SMARTS) is 1. The highest BCUT2D eigenvalue weighted by molar-refractivity contribution is 5.92. The number of carbonyl (C=O) groups is 1. The van der Waals surface area contributed by atoms with Gasteiger partial charge in [-0.3, -0.25) is 0 Å². The van der Waals surface area contributed by atoms with Gasteiger partial charge >= 0.3 is 5.97 Å². The molecule has 5 heteroatoms. The first kappa shape index (κ1) is 11.1. The molecule has 2 rings (SSSR count). The lowest BCUT2D eigenvalue weighted by Crippen LogP contribution is -2.07.